The van der Waals surface area contributed by atoms with Gasteiger partial charge in [0, 0.05) is 38.8 Å². The summed E-state index contributed by atoms with van der Waals surface area (Å²) in [6.07, 6.45) is 1.02. The monoisotopic (exact) mass is 372 g/mol. The second kappa shape index (κ2) is 9.01. The first-order chi connectivity index (χ1) is 13.0. The summed E-state index contributed by atoms with van der Waals surface area (Å²) < 4.78 is 10.3. The molecule has 1 fully saturated rings. The highest BCUT2D eigenvalue weighted by Crippen LogP contribution is 2.14. The van der Waals surface area contributed by atoms with E-state index >= 15 is 0 Å². The molecule has 1 N–H and O–H groups in total. The van der Waals surface area contributed by atoms with Crippen LogP contribution in [0.1, 0.15) is 18.2 Å². The van der Waals surface area contributed by atoms with Crippen molar-refractivity contribution in [2.75, 3.05) is 45.2 Å². The molecule has 0 saturated carbocycles. The van der Waals surface area contributed by atoms with E-state index in [1.165, 1.54) is 5.56 Å². The summed E-state index contributed by atoms with van der Waals surface area (Å²) >= 11 is 0. The summed E-state index contributed by atoms with van der Waals surface area (Å²) in [7, 11) is 1.68. The number of hydrogen-bond acceptors (Lipinski definition) is 6. The molecule has 1 aliphatic rings. The third-order valence-corrected chi connectivity index (χ3v) is 5.08. The molecule has 7 heteroatoms. The van der Waals surface area contributed by atoms with Gasteiger partial charge in [0.05, 0.1) is 18.8 Å². The van der Waals surface area contributed by atoms with E-state index in [1.807, 2.05) is 26.0 Å². The molecule has 0 unspecified atom stereocenters. The number of anilines is 1. The topological polar surface area (TPSA) is 70.8 Å². The number of rotatable bonds is 7. The molecule has 3 rings (SSSR count). The standard InChI is InChI=1S/C20H28N4O3/c1-15-14-19(27-22-15)21-20(25)16(2)24-12-10-23(11-13-24)9-8-17-4-6-18(26-3)7-5-17/h4-7,14,16H,8-13H2,1-3H3,(H,21,25)/t16-/m0/s1. The maximum absolute atomic E-state index is 12.4. The number of nitrogens with zero attached hydrogens (tertiary/aromatic N) is 3. The van der Waals surface area contributed by atoms with Crippen LogP contribution in [0.3, 0.4) is 0 Å². The normalized spacial score (nSPS) is 16.9. The van der Waals surface area contributed by atoms with Crippen LogP contribution in [-0.4, -0.2) is 66.7 Å². The lowest BCUT2D eigenvalue weighted by molar-refractivity contribution is -0.121. The van der Waals surface area contributed by atoms with E-state index in [1.54, 1.807) is 13.2 Å². The molecular formula is C20H28N4O3. The van der Waals surface area contributed by atoms with Crippen LogP contribution in [0.2, 0.25) is 0 Å². The fraction of sp³-hybridized carbons (Fsp3) is 0.500. The molecule has 27 heavy (non-hydrogen) atoms. The second-order valence-electron chi connectivity index (χ2n) is 6.97. The Labute approximate surface area is 160 Å². The molecule has 1 atom stereocenters. The number of carbonyl (C=O) groups is 1. The molecule has 2 heterocycles. The maximum Gasteiger partial charge on any atom is 0.243 e. The van der Waals surface area contributed by atoms with Gasteiger partial charge in [0.2, 0.25) is 11.8 Å². The summed E-state index contributed by atoms with van der Waals surface area (Å²) in [6, 6.07) is 9.77. The van der Waals surface area contributed by atoms with E-state index in [4.69, 9.17) is 9.26 Å². The predicted molar refractivity (Wildman–Crippen MR) is 104 cm³/mol. The zero-order valence-electron chi connectivity index (χ0n) is 16.3. The average Bonchev–Trinajstić information content (AvgIpc) is 3.11. The van der Waals surface area contributed by atoms with Crippen LogP contribution in [-0.2, 0) is 11.2 Å². The summed E-state index contributed by atoms with van der Waals surface area (Å²) in [5.41, 5.74) is 2.07. The maximum atomic E-state index is 12.4. The van der Waals surface area contributed by atoms with Gasteiger partial charge in [0.15, 0.2) is 0 Å². The van der Waals surface area contributed by atoms with Crippen molar-refractivity contribution < 1.29 is 14.1 Å². The number of methoxy groups -OCH3 is 1. The highest BCUT2D eigenvalue weighted by Gasteiger charge is 2.26. The summed E-state index contributed by atoms with van der Waals surface area (Å²) in [5.74, 6) is 1.24. The number of aryl methyl sites for hydroxylation is 1. The van der Waals surface area contributed by atoms with Crippen molar-refractivity contribution in [1.29, 1.82) is 0 Å². The van der Waals surface area contributed by atoms with Gasteiger partial charge in [0.25, 0.3) is 0 Å². The lowest BCUT2D eigenvalue weighted by atomic mass is 10.1. The Morgan fingerprint density at radius 3 is 2.56 bits per heavy atom. The fourth-order valence-corrected chi connectivity index (χ4v) is 3.27. The minimum Gasteiger partial charge on any atom is -0.497 e. The Bertz CT molecular complexity index is 736. The van der Waals surface area contributed by atoms with Crippen LogP contribution in [0.4, 0.5) is 5.88 Å². The molecular weight excluding hydrogens is 344 g/mol. The minimum atomic E-state index is -0.195. The van der Waals surface area contributed by atoms with Crippen LogP contribution in [0, 0.1) is 6.92 Å². The third kappa shape index (κ3) is 5.30. The van der Waals surface area contributed by atoms with E-state index in [0.29, 0.717) is 5.88 Å². The van der Waals surface area contributed by atoms with Crippen LogP contribution in [0.15, 0.2) is 34.9 Å². The number of hydrogen-bond donors (Lipinski definition) is 1. The van der Waals surface area contributed by atoms with Crippen molar-refractivity contribution in [3.05, 3.63) is 41.6 Å². The number of benzene rings is 1. The third-order valence-electron chi connectivity index (χ3n) is 5.08. The van der Waals surface area contributed by atoms with Gasteiger partial charge in [-0.15, -0.1) is 0 Å². The molecule has 0 radical (unpaired) electrons. The van der Waals surface area contributed by atoms with Crippen molar-refractivity contribution in [2.24, 2.45) is 0 Å². The van der Waals surface area contributed by atoms with E-state index in [-0.39, 0.29) is 11.9 Å². The molecule has 1 aliphatic heterocycles. The molecule has 1 aromatic heterocycles. The number of nitrogens with one attached hydrogen (secondary N) is 1. The van der Waals surface area contributed by atoms with Crippen molar-refractivity contribution in [1.82, 2.24) is 15.0 Å². The Morgan fingerprint density at radius 1 is 1.26 bits per heavy atom. The van der Waals surface area contributed by atoms with Crippen LogP contribution >= 0.6 is 0 Å². The van der Waals surface area contributed by atoms with Crippen LogP contribution < -0.4 is 10.1 Å². The fourth-order valence-electron chi connectivity index (χ4n) is 3.27. The highest BCUT2D eigenvalue weighted by atomic mass is 16.5. The summed E-state index contributed by atoms with van der Waals surface area (Å²) in [6.45, 7) is 8.49. The molecule has 7 nitrogen and oxygen atoms in total. The van der Waals surface area contributed by atoms with Gasteiger partial charge in [-0.1, -0.05) is 17.3 Å². The Kier molecular flexibility index (Phi) is 6.47. The van der Waals surface area contributed by atoms with E-state index in [0.717, 1.165) is 50.6 Å². The molecule has 1 aromatic carbocycles. The molecule has 1 amide bonds. The average molecular weight is 372 g/mol. The summed E-state index contributed by atoms with van der Waals surface area (Å²) in [4.78, 5) is 17.1. The zero-order chi connectivity index (χ0) is 19.2. The number of carbonyl (C=O) groups excluding carboxylic acids is 1. The molecule has 0 aliphatic carbocycles. The Morgan fingerprint density at radius 2 is 1.96 bits per heavy atom. The number of ether oxygens (including phenoxy) is 1. The molecule has 1 saturated heterocycles. The van der Waals surface area contributed by atoms with Crippen molar-refractivity contribution in [2.45, 2.75) is 26.3 Å². The lowest BCUT2D eigenvalue weighted by Crippen LogP contribution is -2.53. The SMILES string of the molecule is COc1ccc(CCN2CCN([C@@H](C)C(=O)Nc3cc(C)no3)CC2)cc1. The first-order valence-electron chi connectivity index (χ1n) is 9.38. The number of piperazine rings is 1. The molecule has 2 aromatic rings. The van der Waals surface area contributed by atoms with Gasteiger partial charge in [-0.25, -0.2) is 0 Å². The first kappa shape index (κ1) is 19.4. The zero-order valence-corrected chi connectivity index (χ0v) is 16.3. The van der Waals surface area contributed by atoms with E-state index in [2.05, 4.69) is 32.4 Å². The van der Waals surface area contributed by atoms with Gasteiger partial charge in [-0.2, -0.15) is 0 Å². The predicted octanol–water partition coefficient (Wildman–Crippen LogP) is 2.18. The van der Waals surface area contributed by atoms with Gasteiger partial charge in [-0.05, 0) is 38.0 Å². The molecule has 146 valence electrons. The van der Waals surface area contributed by atoms with Crippen molar-refractivity contribution in [3.8, 4) is 5.75 Å². The van der Waals surface area contributed by atoms with Crippen LogP contribution in [0.25, 0.3) is 0 Å². The number of aromatic nitrogens is 1. The largest absolute Gasteiger partial charge is 0.497 e. The second-order valence-corrected chi connectivity index (χ2v) is 6.97. The van der Waals surface area contributed by atoms with Crippen molar-refractivity contribution >= 4 is 11.8 Å². The lowest BCUT2D eigenvalue weighted by Gasteiger charge is -2.37. The molecule has 0 bridgehead atoms. The molecule has 0 spiro atoms. The quantitative estimate of drug-likeness (QED) is 0.803. The van der Waals surface area contributed by atoms with E-state index in [9.17, 15) is 4.79 Å². The minimum absolute atomic E-state index is 0.0576. The van der Waals surface area contributed by atoms with Crippen LogP contribution in [0.5, 0.6) is 5.75 Å². The van der Waals surface area contributed by atoms with Crippen molar-refractivity contribution in [3.63, 3.8) is 0 Å². The summed E-state index contributed by atoms with van der Waals surface area (Å²) in [5, 5.41) is 6.58. The van der Waals surface area contributed by atoms with Gasteiger partial charge >= 0.3 is 0 Å². The van der Waals surface area contributed by atoms with Gasteiger partial charge < -0.3 is 14.2 Å². The Balaban J connectivity index is 1.41. The van der Waals surface area contributed by atoms with Gasteiger partial charge in [0.1, 0.15) is 5.75 Å². The highest BCUT2D eigenvalue weighted by molar-refractivity contribution is 5.93. The smallest absolute Gasteiger partial charge is 0.243 e. The Hall–Kier alpha value is -2.38. The number of amides is 1. The van der Waals surface area contributed by atoms with E-state index < -0.39 is 0 Å². The first-order valence-corrected chi connectivity index (χ1v) is 9.38. The van der Waals surface area contributed by atoms with Gasteiger partial charge in [-0.3, -0.25) is 15.0 Å².